The van der Waals surface area contributed by atoms with Crippen molar-refractivity contribution in [3.05, 3.63) is 29.8 Å². The number of hydrogen-bond acceptors (Lipinski definition) is 2. The molecule has 0 aliphatic heterocycles. The van der Waals surface area contributed by atoms with E-state index in [-0.39, 0.29) is 5.92 Å². The number of rotatable bonds is 6. The molecule has 1 aromatic rings. The third kappa shape index (κ3) is 3.93. The molecule has 1 unspecified atom stereocenters. The molecule has 0 amide bonds. The number of benzene rings is 1. The number of para-hydroxylation sites is 1. The molecule has 0 radical (unpaired) electrons. The second-order valence-corrected chi connectivity index (χ2v) is 4.00. The highest BCUT2D eigenvalue weighted by Gasteiger charge is 2.09. The molecule has 0 saturated carbocycles. The summed E-state index contributed by atoms with van der Waals surface area (Å²) >= 11 is 0. The van der Waals surface area contributed by atoms with Crippen molar-refractivity contribution in [1.29, 1.82) is 0 Å². The number of aliphatic carboxylic acids is 1. The smallest absolute Gasteiger partial charge is 0.306 e. The van der Waals surface area contributed by atoms with Crippen LogP contribution in [-0.2, 0) is 4.79 Å². The van der Waals surface area contributed by atoms with Gasteiger partial charge < -0.3 is 9.84 Å². The lowest BCUT2D eigenvalue weighted by Gasteiger charge is -2.09. The first-order valence-corrected chi connectivity index (χ1v) is 5.52. The summed E-state index contributed by atoms with van der Waals surface area (Å²) in [6.07, 6.45) is 1.42. The zero-order chi connectivity index (χ0) is 12.0. The Labute approximate surface area is 96.1 Å². The first kappa shape index (κ1) is 12.6. The number of carboxylic acid groups (broad SMARTS) is 1. The van der Waals surface area contributed by atoms with Crippen LogP contribution in [0.5, 0.6) is 5.75 Å². The van der Waals surface area contributed by atoms with Crippen molar-refractivity contribution in [2.24, 2.45) is 5.92 Å². The number of ether oxygens (including phenoxy) is 1. The largest absolute Gasteiger partial charge is 0.493 e. The van der Waals surface area contributed by atoms with Crippen LogP contribution in [0.4, 0.5) is 0 Å². The normalized spacial score (nSPS) is 12.1. The van der Waals surface area contributed by atoms with Crippen LogP contribution in [0.1, 0.15) is 25.3 Å². The minimum Gasteiger partial charge on any atom is -0.493 e. The Morgan fingerprint density at radius 1 is 1.44 bits per heavy atom. The quantitative estimate of drug-likeness (QED) is 0.753. The highest BCUT2D eigenvalue weighted by Crippen LogP contribution is 2.16. The zero-order valence-corrected chi connectivity index (χ0v) is 9.77. The van der Waals surface area contributed by atoms with Gasteiger partial charge in [0.25, 0.3) is 0 Å². The van der Waals surface area contributed by atoms with Crippen LogP contribution in [-0.4, -0.2) is 17.7 Å². The van der Waals surface area contributed by atoms with Crippen molar-refractivity contribution in [3.63, 3.8) is 0 Å². The molecule has 3 heteroatoms. The summed E-state index contributed by atoms with van der Waals surface area (Å²) < 4.78 is 5.57. The van der Waals surface area contributed by atoms with Crippen LogP contribution < -0.4 is 4.74 Å². The summed E-state index contributed by atoms with van der Waals surface area (Å²) in [4.78, 5) is 10.6. The molecule has 3 nitrogen and oxygen atoms in total. The average molecular weight is 222 g/mol. The van der Waals surface area contributed by atoms with Gasteiger partial charge in [-0.15, -0.1) is 0 Å². The van der Waals surface area contributed by atoms with Crippen LogP contribution in [0.25, 0.3) is 0 Å². The summed E-state index contributed by atoms with van der Waals surface area (Å²) in [7, 11) is 0. The van der Waals surface area contributed by atoms with E-state index in [4.69, 9.17) is 9.84 Å². The van der Waals surface area contributed by atoms with Crippen molar-refractivity contribution in [2.45, 2.75) is 26.7 Å². The van der Waals surface area contributed by atoms with E-state index in [0.717, 1.165) is 17.7 Å². The Kier molecular flexibility index (Phi) is 4.83. The van der Waals surface area contributed by atoms with Crippen molar-refractivity contribution in [1.82, 2.24) is 0 Å². The van der Waals surface area contributed by atoms with Gasteiger partial charge in [-0.3, -0.25) is 4.79 Å². The lowest BCUT2D eigenvalue weighted by Crippen LogP contribution is -2.11. The van der Waals surface area contributed by atoms with Crippen LogP contribution in [0.2, 0.25) is 0 Å². The molecule has 0 aliphatic carbocycles. The van der Waals surface area contributed by atoms with E-state index in [0.29, 0.717) is 13.0 Å². The molecule has 0 aromatic heterocycles. The van der Waals surface area contributed by atoms with Gasteiger partial charge in [-0.2, -0.15) is 0 Å². The van der Waals surface area contributed by atoms with Gasteiger partial charge in [0.2, 0.25) is 0 Å². The van der Waals surface area contributed by atoms with E-state index < -0.39 is 5.97 Å². The van der Waals surface area contributed by atoms with Crippen LogP contribution in [0.3, 0.4) is 0 Å². The topological polar surface area (TPSA) is 46.5 Å². The predicted molar refractivity (Wildman–Crippen MR) is 62.7 cm³/mol. The van der Waals surface area contributed by atoms with Gasteiger partial charge in [-0.05, 0) is 31.4 Å². The van der Waals surface area contributed by atoms with E-state index in [2.05, 4.69) is 0 Å². The average Bonchev–Trinajstić information content (AvgIpc) is 2.26. The van der Waals surface area contributed by atoms with Crippen molar-refractivity contribution in [2.75, 3.05) is 6.61 Å². The fourth-order valence-corrected chi connectivity index (χ4v) is 1.41. The molecule has 1 atom stereocenters. The first-order chi connectivity index (χ1) is 7.61. The maximum absolute atomic E-state index is 10.6. The number of aryl methyl sites for hydroxylation is 1. The summed E-state index contributed by atoms with van der Waals surface area (Å²) in [6.45, 7) is 4.29. The Balaban J connectivity index is 2.26. The monoisotopic (exact) mass is 222 g/mol. The third-order valence-corrected chi connectivity index (χ3v) is 2.55. The number of hydrogen-bond donors (Lipinski definition) is 1. The highest BCUT2D eigenvalue weighted by molar-refractivity contribution is 5.69. The zero-order valence-electron chi connectivity index (χ0n) is 9.77. The maximum atomic E-state index is 10.6. The van der Waals surface area contributed by atoms with Crippen LogP contribution in [0, 0.1) is 12.8 Å². The second kappa shape index (κ2) is 6.16. The van der Waals surface area contributed by atoms with Crippen LogP contribution in [0.15, 0.2) is 24.3 Å². The number of carbonyl (C=O) groups is 1. The fourth-order valence-electron chi connectivity index (χ4n) is 1.41. The lowest BCUT2D eigenvalue weighted by molar-refractivity contribution is -0.141. The number of carboxylic acids is 1. The van der Waals surface area contributed by atoms with Gasteiger partial charge in [0.15, 0.2) is 0 Å². The molecule has 0 fully saturated rings. The first-order valence-electron chi connectivity index (χ1n) is 5.52. The molecular weight excluding hydrogens is 204 g/mol. The van der Waals surface area contributed by atoms with Gasteiger partial charge in [-0.25, -0.2) is 0 Å². The summed E-state index contributed by atoms with van der Waals surface area (Å²) in [5, 5.41) is 8.70. The second-order valence-electron chi connectivity index (χ2n) is 4.00. The van der Waals surface area contributed by atoms with Crippen molar-refractivity contribution >= 4 is 5.97 Å². The minimum absolute atomic E-state index is 0.291. The highest BCUT2D eigenvalue weighted by atomic mass is 16.5. The standard InChI is InChI=1S/C13H18O3/c1-10-6-3-4-8-12(10)16-9-5-7-11(2)13(14)15/h3-4,6,8,11H,5,7,9H2,1-2H3,(H,14,15). The van der Waals surface area contributed by atoms with Gasteiger partial charge in [0.1, 0.15) is 5.75 Å². The molecule has 1 aromatic carbocycles. The van der Waals surface area contributed by atoms with Gasteiger partial charge in [-0.1, -0.05) is 25.1 Å². The summed E-state index contributed by atoms with van der Waals surface area (Å²) in [5.41, 5.74) is 1.11. The van der Waals surface area contributed by atoms with Gasteiger partial charge in [0.05, 0.1) is 12.5 Å². The van der Waals surface area contributed by atoms with E-state index in [9.17, 15) is 4.79 Å². The molecule has 16 heavy (non-hydrogen) atoms. The molecule has 0 heterocycles. The van der Waals surface area contributed by atoms with E-state index in [1.807, 2.05) is 31.2 Å². The third-order valence-electron chi connectivity index (χ3n) is 2.55. The van der Waals surface area contributed by atoms with E-state index >= 15 is 0 Å². The van der Waals surface area contributed by atoms with Crippen LogP contribution >= 0.6 is 0 Å². The van der Waals surface area contributed by atoms with E-state index in [1.165, 1.54) is 0 Å². The Morgan fingerprint density at radius 2 is 2.12 bits per heavy atom. The summed E-state index contributed by atoms with van der Waals surface area (Å²) in [6, 6.07) is 7.82. The van der Waals surface area contributed by atoms with E-state index in [1.54, 1.807) is 6.92 Å². The minimum atomic E-state index is -0.740. The Hall–Kier alpha value is -1.51. The van der Waals surface area contributed by atoms with Crippen molar-refractivity contribution in [3.8, 4) is 5.75 Å². The molecule has 1 N–H and O–H groups in total. The molecular formula is C13H18O3. The molecule has 0 saturated heterocycles. The SMILES string of the molecule is Cc1ccccc1OCCCC(C)C(=O)O. The molecule has 0 spiro atoms. The molecule has 0 aliphatic rings. The van der Waals surface area contributed by atoms with Crippen molar-refractivity contribution < 1.29 is 14.6 Å². The molecule has 0 bridgehead atoms. The Bertz CT molecular complexity index is 347. The Morgan fingerprint density at radius 3 is 2.75 bits per heavy atom. The summed E-state index contributed by atoms with van der Waals surface area (Å²) in [5.74, 6) is -0.151. The molecule has 88 valence electrons. The molecule has 1 rings (SSSR count). The lowest BCUT2D eigenvalue weighted by atomic mass is 10.1. The maximum Gasteiger partial charge on any atom is 0.306 e. The predicted octanol–water partition coefficient (Wildman–Crippen LogP) is 2.87. The van der Waals surface area contributed by atoms with Gasteiger partial charge >= 0.3 is 5.97 Å². The fraction of sp³-hybridized carbons (Fsp3) is 0.462. The van der Waals surface area contributed by atoms with Gasteiger partial charge in [0, 0.05) is 0 Å².